The summed E-state index contributed by atoms with van der Waals surface area (Å²) in [5, 5.41) is 4.08. The molecular weight excluding hydrogens is 170 g/mol. The second kappa shape index (κ2) is 4.52. The van der Waals surface area contributed by atoms with Gasteiger partial charge in [-0.3, -0.25) is 4.68 Å². The Morgan fingerprint density at radius 3 is 3.00 bits per heavy atom. The lowest BCUT2D eigenvalue weighted by Crippen LogP contribution is -2.12. The van der Waals surface area contributed by atoms with E-state index in [2.05, 4.69) is 12.0 Å². The van der Waals surface area contributed by atoms with Gasteiger partial charge in [0.2, 0.25) is 0 Å². The zero-order chi connectivity index (χ0) is 8.97. The first-order chi connectivity index (χ1) is 5.72. The van der Waals surface area contributed by atoms with Crippen molar-refractivity contribution in [1.82, 2.24) is 9.78 Å². The molecule has 2 N–H and O–H groups in total. The Hall–Kier alpha value is -0.480. The summed E-state index contributed by atoms with van der Waals surface area (Å²) in [6.07, 6.45) is 3.90. The van der Waals surface area contributed by atoms with E-state index in [0.717, 1.165) is 12.3 Å². The predicted molar refractivity (Wildman–Crippen MR) is 52.2 cm³/mol. The molecule has 3 nitrogen and oxygen atoms in total. The summed E-state index contributed by atoms with van der Waals surface area (Å²) in [4.78, 5) is 1.22. The number of rotatable bonds is 4. The van der Waals surface area contributed by atoms with Crippen LogP contribution in [0.3, 0.4) is 0 Å². The maximum Gasteiger partial charge on any atom is 0.0625 e. The number of hydrogen-bond donors (Lipinski definition) is 1. The van der Waals surface area contributed by atoms with E-state index in [1.54, 1.807) is 0 Å². The van der Waals surface area contributed by atoms with Gasteiger partial charge < -0.3 is 5.73 Å². The number of nitrogens with zero attached hydrogens (tertiary/aromatic N) is 2. The molecule has 0 fully saturated rings. The second-order valence-corrected chi connectivity index (χ2v) is 4.09. The predicted octanol–water partition coefficient (Wildman–Crippen LogP) is 1.11. The third-order valence-corrected chi connectivity index (χ3v) is 2.90. The number of hydrogen-bond acceptors (Lipinski definition) is 3. The van der Waals surface area contributed by atoms with Crippen LogP contribution in [0, 0.1) is 5.92 Å². The highest BCUT2D eigenvalue weighted by atomic mass is 32.2. The maximum atomic E-state index is 5.51. The molecular formula is C8H15N3S. The Balaban J connectivity index is 2.33. The van der Waals surface area contributed by atoms with Gasteiger partial charge in [-0.1, -0.05) is 6.92 Å². The molecule has 12 heavy (non-hydrogen) atoms. The molecule has 68 valence electrons. The van der Waals surface area contributed by atoms with Gasteiger partial charge in [0.25, 0.3) is 0 Å². The number of aryl methyl sites for hydroxylation is 1. The van der Waals surface area contributed by atoms with Gasteiger partial charge in [0.1, 0.15) is 0 Å². The molecule has 0 saturated carbocycles. The largest absolute Gasteiger partial charge is 0.330 e. The quantitative estimate of drug-likeness (QED) is 0.715. The van der Waals surface area contributed by atoms with Crippen LogP contribution >= 0.6 is 11.8 Å². The first-order valence-electron chi connectivity index (χ1n) is 4.04. The van der Waals surface area contributed by atoms with E-state index in [1.165, 1.54) is 4.90 Å². The van der Waals surface area contributed by atoms with Crippen LogP contribution in [0.25, 0.3) is 0 Å². The summed E-state index contributed by atoms with van der Waals surface area (Å²) >= 11 is 1.81. The van der Waals surface area contributed by atoms with Crippen molar-refractivity contribution >= 4 is 11.8 Å². The second-order valence-electron chi connectivity index (χ2n) is 3.00. The maximum absolute atomic E-state index is 5.51. The molecule has 0 aliphatic rings. The molecule has 1 heterocycles. The van der Waals surface area contributed by atoms with Gasteiger partial charge in [-0.2, -0.15) is 5.10 Å². The Bertz CT molecular complexity index is 234. The van der Waals surface area contributed by atoms with Crippen molar-refractivity contribution < 1.29 is 0 Å². The lowest BCUT2D eigenvalue weighted by Gasteiger charge is -2.04. The summed E-state index contributed by atoms with van der Waals surface area (Å²) in [5.74, 6) is 1.65. The average molecular weight is 185 g/mol. The molecule has 1 aromatic heterocycles. The molecule has 0 amide bonds. The highest BCUT2D eigenvalue weighted by Gasteiger charge is 2.01. The van der Waals surface area contributed by atoms with Crippen LogP contribution in [-0.2, 0) is 7.05 Å². The van der Waals surface area contributed by atoms with Gasteiger partial charge in [-0.05, 0) is 12.5 Å². The minimum absolute atomic E-state index is 0.579. The van der Waals surface area contributed by atoms with Crippen molar-refractivity contribution in [2.45, 2.75) is 11.8 Å². The molecule has 0 spiro atoms. The van der Waals surface area contributed by atoms with E-state index < -0.39 is 0 Å². The van der Waals surface area contributed by atoms with E-state index >= 15 is 0 Å². The van der Waals surface area contributed by atoms with Gasteiger partial charge in [-0.15, -0.1) is 11.8 Å². The monoisotopic (exact) mass is 185 g/mol. The lowest BCUT2D eigenvalue weighted by molar-refractivity contribution is 0.675. The Labute approximate surface area is 77.3 Å². The van der Waals surface area contributed by atoms with Crippen molar-refractivity contribution in [2.75, 3.05) is 12.3 Å². The fourth-order valence-corrected chi connectivity index (χ4v) is 1.74. The zero-order valence-corrected chi connectivity index (χ0v) is 8.34. The van der Waals surface area contributed by atoms with E-state index in [-0.39, 0.29) is 0 Å². The lowest BCUT2D eigenvalue weighted by atomic mass is 10.2. The minimum atomic E-state index is 0.579. The van der Waals surface area contributed by atoms with Crippen molar-refractivity contribution in [3.63, 3.8) is 0 Å². The van der Waals surface area contributed by atoms with Crippen LogP contribution in [0.4, 0.5) is 0 Å². The third kappa shape index (κ3) is 2.87. The van der Waals surface area contributed by atoms with E-state index in [0.29, 0.717) is 5.92 Å². The van der Waals surface area contributed by atoms with Gasteiger partial charge >= 0.3 is 0 Å². The average Bonchev–Trinajstić information content (AvgIpc) is 2.47. The number of aromatic nitrogens is 2. The van der Waals surface area contributed by atoms with E-state index in [4.69, 9.17) is 5.73 Å². The standard InChI is InChI=1S/C8H15N3S/c1-7(3-9)6-12-8-4-10-11(2)5-8/h4-5,7H,3,6,9H2,1-2H3. The van der Waals surface area contributed by atoms with Crippen molar-refractivity contribution in [1.29, 1.82) is 0 Å². The fraction of sp³-hybridized carbons (Fsp3) is 0.625. The van der Waals surface area contributed by atoms with Gasteiger partial charge in [0, 0.05) is 23.9 Å². The van der Waals surface area contributed by atoms with Crippen LogP contribution in [0.15, 0.2) is 17.3 Å². The van der Waals surface area contributed by atoms with Crippen LogP contribution in [-0.4, -0.2) is 22.1 Å². The Morgan fingerprint density at radius 2 is 2.50 bits per heavy atom. The molecule has 1 atom stereocenters. The van der Waals surface area contributed by atoms with Crippen molar-refractivity contribution in [3.05, 3.63) is 12.4 Å². The van der Waals surface area contributed by atoms with Crippen LogP contribution < -0.4 is 5.73 Å². The minimum Gasteiger partial charge on any atom is -0.330 e. The summed E-state index contributed by atoms with van der Waals surface area (Å²) in [5.41, 5.74) is 5.51. The van der Waals surface area contributed by atoms with Gasteiger partial charge in [0.05, 0.1) is 6.20 Å². The van der Waals surface area contributed by atoms with E-state index in [9.17, 15) is 0 Å². The SMILES string of the molecule is CC(CN)CSc1cnn(C)c1. The third-order valence-electron chi connectivity index (χ3n) is 1.62. The van der Waals surface area contributed by atoms with Crippen LogP contribution in [0.2, 0.25) is 0 Å². The molecule has 1 aromatic rings. The first kappa shape index (κ1) is 9.61. The summed E-state index contributed by atoms with van der Waals surface area (Å²) in [6, 6.07) is 0. The first-order valence-corrected chi connectivity index (χ1v) is 5.02. The zero-order valence-electron chi connectivity index (χ0n) is 7.53. The Kier molecular flexibility index (Phi) is 3.62. The summed E-state index contributed by atoms with van der Waals surface area (Å²) < 4.78 is 1.81. The number of thioether (sulfide) groups is 1. The highest BCUT2D eigenvalue weighted by molar-refractivity contribution is 7.99. The molecule has 0 aliphatic carbocycles. The topological polar surface area (TPSA) is 43.8 Å². The normalized spacial score (nSPS) is 13.2. The molecule has 0 aromatic carbocycles. The molecule has 4 heteroatoms. The van der Waals surface area contributed by atoms with Crippen molar-refractivity contribution in [3.8, 4) is 0 Å². The molecule has 0 aliphatic heterocycles. The van der Waals surface area contributed by atoms with Crippen LogP contribution in [0.5, 0.6) is 0 Å². The molecule has 0 radical (unpaired) electrons. The summed E-state index contributed by atoms with van der Waals surface area (Å²) in [7, 11) is 1.93. The van der Waals surface area contributed by atoms with Crippen LogP contribution in [0.1, 0.15) is 6.92 Å². The smallest absolute Gasteiger partial charge is 0.0625 e. The van der Waals surface area contributed by atoms with Gasteiger partial charge in [0.15, 0.2) is 0 Å². The van der Waals surface area contributed by atoms with E-state index in [1.807, 2.05) is 35.9 Å². The molecule has 0 saturated heterocycles. The molecule has 1 rings (SSSR count). The van der Waals surface area contributed by atoms with Gasteiger partial charge in [-0.25, -0.2) is 0 Å². The number of nitrogens with two attached hydrogens (primary N) is 1. The summed E-state index contributed by atoms with van der Waals surface area (Å²) in [6.45, 7) is 2.91. The molecule has 0 bridgehead atoms. The molecule has 1 unspecified atom stereocenters. The fourth-order valence-electron chi connectivity index (χ4n) is 0.780. The van der Waals surface area contributed by atoms with Crippen molar-refractivity contribution in [2.24, 2.45) is 18.7 Å². The Morgan fingerprint density at radius 1 is 1.75 bits per heavy atom. The highest BCUT2D eigenvalue weighted by Crippen LogP contribution is 2.18.